The molecule has 0 saturated carbocycles. The fraction of sp³-hybridized carbons (Fsp3) is 0.292. The van der Waals surface area contributed by atoms with E-state index in [9.17, 15) is 14.4 Å². The molecule has 0 unspecified atom stereocenters. The first-order valence-electron chi connectivity index (χ1n) is 10.1. The van der Waals surface area contributed by atoms with Crippen LogP contribution in [0.1, 0.15) is 26.3 Å². The minimum Gasteiger partial charge on any atom is -0.493 e. The third kappa shape index (κ3) is 8.56. The Labute approximate surface area is 192 Å². The third-order valence-corrected chi connectivity index (χ3v) is 4.00. The molecule has 176 valence electrons. The summed E-state index contributed by atoms with van der Waals surface area (Å²) in [5.74, 6) is -0.206. The average Bonchev–Trinajstić information content (AvgIpc) is 2.76. The Morgan fingerprint density at radius 3 is 2.21 bits per heavy atom. The van der Waals surface area contributed by atoms with E-state index in [2.05, 4.69) is 15.4 Å². The van der Waals surface area contributed by atoms with Crippen molar-refractivity contribution in [1.29, 1.82) is 0 Å². The molecule has 2 aromatic carbocycles. The number of nitrogens with one attached hydrogen (secondary N) is 2. The lowest BCUT2D eigenvalue weighted by atomic mass is 10.2. The molecule has 9 nitrogen and oxygen atoms in total. The van der Waals surface area contributed by atoms with Crippen molar-refractivity contribution in [2.45, 2.75) is 26.4 Å². The van der Waals surface area contributed by atoms with Crippen molar-refractivity contribution in [1.82, 2.24) is 0 Å². The fourth-order valence-electron chi connectivity index (χ4n) is 2.59. The van der Waals surface area contributed by atoms with Crippen LogP contribution in [0.4, 0.5) is 16.2 Å². The molecule has 0 bridgehead atoms. The summed E-state index contributed by atoms with van der Waals surface area (Å²) in [6.07, 6.45) is 2.19. The summed E-state index contributed by atoms with van der Waals surface area (Å²) >= 11 is 0. The normalized spacial score (nSPS) is 10.9. The molecule has 9 heteroatoms. The lowest BCUT2D eigenvalue weighted by Crippen LogP contribution is -2.28. The van der Waals surface area contributed by atoms with Crippen LogP contribution in [0.5, 0.6) is 11.5 Å². The molecule has 0 aliphatic heterocycles. The van der Waals surface area contributed by atoms with Crippen molar-refractivity contribution in [3.8, 4) is 11.5 Å². The Morgan fingerprint density at radius 2 is 1.61 bits per heavy atom. The highest BCUT2D eigenvalue weighted by Crippen LogP contribution is 2.29. The van der Waals surface area contributed by atoms with Crippen molar-refractivity contribution in [3.63, 3.8) is 0 Å². The summed E-state index contributed by atoms with van der Waals surface area (Å²) in [4.78, 5) is 35.9. The van der Waals surface area contributed by atoms with Crippen molar-refractivity contribution >= 4 is 35.4 Å². The van der Waals surface area contributed by atoms with Gasteiger partial charge in [-0.25, -0.2) is 9.59 Å². The van der Waals surface area contributed by atoms with Crippen molar-refractivity contribution in [3.05, 3.63) is 54.1 Å². The fourth-order valence-corrected chi connectivity index (χ4v) is 2.59. The smallest absolute Gasteiger partial charge is 0.412 e. The maximum absolute atomic E-state index is 12.5. The first-order chi connectivity index (χ1) is 15.6. The third-order valence-electron chi connectivity index (χ3n) is 4.00. The van der Waals surface area contributed by atoms with Crippen molar-refractivity contribution < 1.29 is 33.3 Å². The molecule has 0 atom stereocenters. The van der Waals surface area contributed by atoms with Gasteiger partial charge in [0.1, 0.15) is 5.60 Å². The summed E-state index contributed by atoms with van der Waals surface area (Å²) in [6.45, 7) is 4.95. The predicted octanol–water partition coefficient (Wildman–Crippen LogP) is 4.25. The number of methoxy groups -OCH3 is 2. The number of benzene rings is 2. The predicted molar refractivity (Wildman–Crippen MR) is 124 cm³/mol. The zero-order chi connectivity index (χ0) is 24.4. The number of amides is 2. The monoisotopic (exact) mass is 456 g/mol. The van der Waals surface area contributed by atoms with Gasteiger partial charge in [-0.15, -0.1) is 0 Å². The van der Waals surface area contributed by atoms with E-state index in [0.717, 1.165) is 0 Å². The standard InChI is InChI=1S/C24H28N2O7/c1-24(2,3)33-23(29)26-18-9-7-6-8-17(18)25-21(27)15-32-20-14-16(10-12-19(20)30-4)11-13-22(28)31-5/h6-14H,15H2,1-5H3,(H,25,27)(H,26,29)/b13-11+. The second-order valence-corrected chi connectivity index (χ2v) is 7.78. The van der Waals surface area contributed by atoms with Crippen LogP contribution in [-0.2, 0) is 19.1 Å². The van der Waals surface area contributed by atoms with E-state index in [1.54, 1.807) is 69.3 Å². The molecular formula is C24H28N2O7. The molecule has 2 rings (SSSR count). The highest BCUT2D eigenvalue weighted by molar-refractivity contribution is 5.98. The number of anilines is 2. The number of hydrogen-bond acceptors (Lipinski definition) is 7. The summed E-state index contributed by atoms with van der Waals surface area (Å²) in [6, 6.07) is 11.7. The van der Waals surface area contributed by atoms with E-state index in [4.69, 9.17) is 14.2 Å². The first kappa shape index (κ1) is 25.3. The van der Waals surface area contributed by atoms with Gasteiger partial charge in [0.15, 0.2) is 18.1 Å². The molecule has 2 aromatic rings. The summed E-state index contributed by atoms with van der Waals surface area (Å²) in [5, 5.41) is 5.32. The van der Waals surface area contributed by atoms with Gasteiger partial charge in [-0.3, -0.25) is 10.1 Å². The van der Waals surface area contributed by atoms with Crippen LogP contribution >= 0.6 is 0 Å². The minimum atomic E-state index is -0.657. The number of carbonyl (C=O) groups is 3. The van der Waals surface area contributed by atoms with Gasteiger partial charge in [0, 0.05) is 6.08 Å². The largest absolute Gasteiger partial charge is 0.493 e. The molecule has 0 fully saturated rings. The van der Waals surface area contributed by atoms with Crippen molar-refractivity contribution in [2.24, 2.45) is 0 Å². The van der Waals surface area contributed by atoms with Crippen LogP contribution < -0.4 is 20.1 Å². The van der Waals surface area contributed by atoms with E-state index in [1.807, 2.05) is 0 Å². The van der Waals surface area contributed by atoms with Gasteiger partial charge in [0.05, 0.1) is 25.6 Å². The molecule has 0 aliphatic rings. The van der Waals surface area contributed by atoms with Crippen LogP contribution in [0.25, 0.3) is 6.08 Å². The lowest BCUT2D eigenvalue weighted by molar-refractivity contribution is -0.134. The number of para-hydroxylation sites is 2. The average molecular weight is 456 g/mol. The number of rotatable bonds is 8. The van der Waals surface area contributed by atoms with E-state index in [0.29, 0.717) is 28.4 Å². The van der Waals surface area contributed by atoms with Crippen LogP contribution in [0.3, 0.4) is 0 Å². The molecule has 2 N–H and O–H groups in total. The first-order valence-corrected chi connectivity index (χ1v) is 10.1. The molecule has 2 amide bonds. The Hall–Kier alpha value is -4.01. The highest BCUT2D eigenvalue weighted by atomic mass is 16.6. The minimum absolute atomic E-state index is 0.318. The van der Waals surface area contributed by atoms with Gasteiger partial charge >= 0.3 is 12.1 Å². The Morgan fingerprint density at radius 1 is 0.939 bits per heavy atom. The van der Waals surface area contributed by atoms with Crippen LogP contribution in [0.2, 0.25) is 0 Å². The number of esters is 1. The quantitative estimate of drug-likeness (QED) is 0.451. The van der Waals surface area contributed by atoms with Gasteiger partial charge in [-0.1, -0.05) is 18.2 Å². The van der Waals surface area contributed by atoms with E-state index in [1.165, 1.54) is 20.3 Å². The second kappa shape index (κ2) is 11.6. The summed E-state index contributed by atoms with van der Waals surface area (Å²) in [7, 11) is 2.76. The summed E-state index contributed by atoms with van der Waals surface area (Å²) in [5.41, 5.74) is 0.769. The molecule has 0 saturated heterocycles. The molecule has 0 aromatic heterocycles. The van der Waals surface area contributed by atoms with Gasteiger partial charge < -0.3 is 24.3 Å². The Kier molecular flexibility index (Phi) is 8.85. The molecule has 0 spiro atoms. The molecular weight excluding hydrogens is 428 g/mol. The summed E-state index contributed by atoms with van der Waals surface area (Å²) < 4.78 is 20.7. The van der Waals surface area contributed by atoms with Crippen molar-refractivity contribution in [2.75, 3.05) is 31.5 Å². The van der Waals surface area contributed by atoms with E-state index >= 15 is 0 Å². The number of carbonyl (C=O) groups excluding carboxylic acids is 3. The topological polar surface area (TPSA) is 112 Å². The zero-order valence-electron chi connectivity index (χ0n) is 19.3. The maximum Gasteiger partial charge on any atom is 0.412 e. The molecule has 0 aliphatic carbocycles. The zero-order valence-corrected chi connectivity index (χ0v) is 19.3. The lowest BCUT2D eigenvalue weighted by Gasteiger charge is -2.20. The second-order valence-electron chi connectivity index (χ2n) is 7.78. The Bertz CT molecular complexity index is 1030. The van der Waals surface area contributed by atoms with Crippen LogP contribution in [0.15, 0.2) is 48.5 Å². The Balaban J connectivity index is 2.05. The highest BCUT2D eigenvalue weighted by Gasteiger charge is 2.18. The number of hydrogen-bond donors (Lipinski definition) is 2. The van der Waals surface area contributed by atoms with E-state index < -0.39 is 23.6 Å². The molecule has 0 radical (unpaired) electrons. The molecule has 0 heterocycles. The van der Waals surface area contributed by atoms with Crippen LogP contribution in [0, 0.1) is 0 Å². The molecule has 33 heavy (non-hydrogen) atoms. The van der Waals surface area contributed by atoms with Gasteiger partial charge in [-0.05, 0) is 56.7 Å². The number of ether oxygens (including phenoxy) is 4. The SMILES string of the molecule is COC(=O)/C=C/c1ccc(OC)c(OCC(=O)Nc2ccccc2NC(=O)OC(C)(C)C)c1. The van der Waals surface area contributed by atoms with Gasteiger partial charge in [-0.2, -0.15) is 0 Å². The van der Waals surface area contributed by atoms with E-state index in [-0.39, 0.29) is 6.61 Å². The maximum atomic E-state index is 12.5. The van der Waals surface area contributed by atoms with Gasteiger partial charge in [0.25, 0.3) is 5.91 Å². The van der Waals surface area contributed by atoms with Crippen LogP contribution in [-0.4, -0.2) is 44.4 Å². The van der Waals surface area contributed by atoms with Gasteiger partial charge in [0.2, 0.25) is 0 Å².